The molecule has 6 heteroatoms. The predicted molar refractivity (Wildman–Crippen MR) is 81.1 cm³/mol. The summed E-state index contributed by atoms with van der Waals surface area (Å²) in [6.07, 6.45) is 0. The fourth-order valence-corrected chi connectivity index (χ4v) is 2.67. The minimum Gasteiger partial charge on any atom is -0.507 e. The van der Waals surface area contributed by atoms with Crippen molar-refractivity contribution < 1.29 is 5.11 Å². The first-order valence-corrected chi connectivity index (χ1v) is 7.16. The highest BCUT2D eigenvalue weighted by Gasteiger charge is 2.14. The van der Waals surface area contributed by atoms with Gasteiger partial charge in [-0.05, 0) is 56.5 Å². The molecule has 4 nitrogen and oxygen atoms in total. The van der Waals surface area contributed by atoms with Gasteiger partial charge in [-0.2, -0.15) is 0 Å². The molecule has 0 saturated carbocycles. The van der Waals surface area contributed by atoms with Gasteiger partial charge in [0.25, 0.3) is 0 Å². The Morgan fingerprint density at radius 2 is 1.89 bits per heavy atom. The summed E-state index contributed by atoms with van der Waals surface area (Å²) < 4.78 is 1.61. The first kappa shape index (κ1) is 12.6. The minimum atomic E-state index is 0.192. The Balaban J connectivity index is 2.29. The van der Waals surface area contributed by atoms with Crippen LogP contribution in [0.1, 0.15) is 5.56 Å². The summed E-state index contributed by atoms with van der Waals surface area (Å²) in [5, 5.41) is 9.87. The number of nitrogens with zero attached hydrogens (tertiary/aromatic N) is 2. The second-order valence-corrected chi connectivity index (χ2v) is 5.69. The summed E-state index contributed by atoms with van der Waals surface area (Å²) in [4.78, 5) is 12.0. The molecule has 0 bridgehead atoms. The quantitative estimate of drug-likeness (QED) is 0.621. The van der Waals surface area contributed by atoms with Crippen molar-refractivity contribution in [3.8, 4) is 17.1 Å². The Kier molecular flexibility index (Phi) is 3.06. The highest BCUT2D eigenvalue weighted by Crippen LogP contribution is 2.33. The van der Waals surface area contributed by atoms with Gasteiger partial charge in [-0.15, -0.1) is 0 Å². The summed E-state index contributed by atoms with van der Waals surface area (Å²) >= 11 is 6.86. The number of aryl methyl sites for hydroxylation is 1. The van der Waals surface area contributed by atoms with Crippen LogP contribution < -0.4 is 0 Å². The molecular weight excluding hydrogens is 374 g/mol. The van der Waals surface area contributed by atoms with Crippen molar-refractivity contribution in [3.63, 3.8) is 0 Å². The van der Waals surface area contributed by atoms with Gasteiger partial charge in [0.2, 0.25) is 0 Å². The number of phenolic OH excluding ortho intramolecular Hbond substituents is 1. The van der Waals surface area contributed by atoms with Crippen LogP contribution in [-0.2, 0) is 0 Å². The molecule has 2 aromatic heterocycles. The van der Waals surface area contributed by atoms with Gasteiger partial charge in [0.05, 0.1) is 15.6 Å². The Morgan fingerprint density at radius 3 is 2.63 bits per heavy atom. The number of halogens is 2. The van der Waals surface area contributed by atoms with E-state index in [4.69, 9.17) is 0 Å². The topological polar surface area (TPSA) is 61.8 Å². The molecule has 0 aliphatic rings. The Hall–Kier alpha value is -1.40. The third-order valence-electron chi connectivity index (χ3n) is 2.93. The molecule has 0 spiro atoms. The summed E-state index contributed by atoms with van der Waals surface area (Å²) in [6, 6.07) is 7.08. The van der Waals surface area contributed by atoms with Crippen molar-refractivity contribution in [1.29, 1.82) is 0 Å². The van der Waals surface area contributed by atoms with Crippen LogP contribution in [0.4, 0.5) is 0 Å². The molecule has 0 aliphatic heterocycles. The van der Waals surface area contributed by atoms with Gasteiger partial charge in [-0.3, -0.25) is 0 Å². The molecular formula is C13H9Br2N3O. The Labute approximate surface area is 126 Å². The van der Waals surface area contributed by atoms with Gasteiger partial charge in [-0.25, -0.2) is 9.97 Å². The molecule has 0 aliphatic carbocycles. The number of hydrogen-bond donors (Lipinski definition) is 2. The molecule has 0 saturated heterocycles. The van der Waals surface area contributed by atoms with E-state index < -0.39 is 0 Å². The largest absolute Gasteiger partial charge is 0.507 e. The first-order chi connectivity index (χ1) is 9.08. The number of benzene rings is 1. The van der Waals surface area contributed by atoms with Gasteiger partial charge in [-0.1, -0.05) is 12.1 Å². The average molecular weight is 383 g/mol. The number of aromatic nitrogens is 3. The van der Waals surface area contributed by atoms with Gasteiger partial charge < -0.3 is 10.1 Å². The lowest BCUT2D eigenvalue weighted by atomic mass is 10.2. The maximum absolute atomic E-state index is 9.87. The second kappa shape index (κ2) is 4.61. The number of nitrogens with one attached hydrogen (secondary N) is 1. The highest BCUT2D eigenvalue weighted by molar-refractivity contribution is 9.13. The van der Waals surface area contributed by atoms with Gasteiger partial charge >= 0.3 is 0 Å². The second-order valence-electron chi connectivity index (χ2n) is 4.14. The zero-order valence-electron chi connectivity index (χ0n) is 9.91. The van der Waals surface area contributed by atoms with E-state index >= 15 is 0 Å². The maximum Gasteiger partial charge on any atom is 0.179 e. The number of aromatic hydroxyl groups is 1. The first-order valence-electron chi connectivity index (χ1n) is 5.57. The molecule has 3 aromatic rings. The lowest BCUT2D eigenvalue weighted by Gasteiger charge is -2.00. The lowest BCUT2D eigenvalue weighted by molar-refractivity contribution is 0.477. The normalized spacial score (nSPS) is 11.1. The Morgan fingerprint density at radius 1 is 1.16 bits per heavy atom. The summed E-state index contributed by atoms with van der Waals surface area (Å²) in [6.45, 7) is 1.98. The van der Waals surface area contributed by atoms with Gasteiger partial charge in [0.15, 0.2) is 5.65 Å². The zero-order valence-corrected chi connectivity index (χ0v) is 13.1. The highest BCUT2D eigenvalue weighted by atomic mass is 79.9. The zero-order chi connectivity index (χ0) is 13.6. The monoisotopic (exact) mass is 381 g/mol. The number of H-pyrrole nitrogens is 1. The number of pyridine rings is 1. The van der Waals surface area contributed by atoms with E-state index in [1.807, 2.05) is 19.1 Å². The van der Waals surface area contributed by atoms with Crippen LogP contribution in [0.2, 0.25) is 0 Å². The minimum absolute atomic E-state index is 0.192. The number of aromatic amines is 1. The SMILES string of the molecule is Cc1c(Br)c(Br)nc2nc(-c3ccccc3O)[nH]c12. The van der Waals surface area contributed by atoms with Crippen LogP contribution in [0, 0.1) is 6.92 Å². The number of rotatable bonds is 1. The van der Waals surface area contributed by atoms with Gasteiger partial charge in [0, 0.05) is 0 Å². The van der Waals surface area contributed by atoms with Crippen molar-refractivity contribution >= 4 is 43.0 Å². The van der Waals surface area contributed by atoms with E-state index in [2.05, 4.69) is 46.8 Å². The third-order valence-corrected chi connectivity index (χ3v) is 5.01. The molecule has 0 radical (unpaired) electrons. The number of phenols is 1. The van der Waals surface area contributed by atoms with Crippen molar-refractivity contribution in [2.75, 3.05) is 0 Å². The number of fused-ring (bicyclic) bond motifs is 1. The third kappa shape index (κ3) is 2.04. The molecule has 0 atom stereocenters. The van der Waals surface area contributed by atoms with Crippen LogP contribution in [-0.4, -0.2) is 20.1 Å². The molecule has 3 rings (SSSR count). The van der Waals surface area contributed by atoms with Crippen LogP contribution in [0.25, 0.3) is 22.6 Å². The van der Waals surface area contributed by atoms with Crippen molar-refractivity contribution in [2.45, 2.75) is 6.92 Å². The number of hydrogen-bond acceptors (Lipinski definition) is 3. The van der Waals surface area contributed by atoms with Crippen molar-refractivity contribution in [3.05, 3.63) is 38.9 Å². The fraction of sp³-hybridized carbons (Fsp3) is 0.0769. The molecule has 19 heavy (non-hydrogen) atoms. The van der Waals surface area contributed by atoms with Crippen LogP contribution >= 0.6 is 31.9 Å². The van der Waals surface area contributed by atoms with Crippen molar-refractivity contribution in [2.24, 2.45) is 0 Å². The summed E-state index contributed by atoms with van der Waals surface area (Å²) in [7, 11) is 0. The molecule has 96 valence electrons. The summed E-state index contributed by atoms with van der Waals surface area (Å²) in [5.41, 5.74) is 3.15. The molecule has 2 N–H and O–H groups in total. The van der Waals surface area contributed by atoms with Crippen LogP contribution in [0.15, 0.2) is 33.3 Å². The number of imidazole rings is 1. The van der Waals surface area contributed by atoms with E-state index in [1.165, 1.54) is 0 Å². The Bertz CT molecular complexity index is 783. The predicted octanol–water partition coefficient (Wildman–Crippen LogP) is 4.16. The summed E-state index contributed by atoms with van der Waals surface area (Å²) in [5.74, 6) is 0.797. The van der Waals surface area contributed by atoms with E-state index in [0.717, 1.165) is 15.6 Å². The van der Waals surface area contributed by atoms with E-state index in [0.29, 0.717) is 21.6 Å². The van der Waals surface area contributed by atoms with Crippen LogP contribution in [0.5, 0.6) is 5.75 Å². The average Bonchev–Trinajstić information content (AvgIpc) is 2.80. The molecule has 2 heterocycles. The number of para-hydroxylation sites is 1. The maximum atomic E-state index is 9.87. The van der Waals surface area contributed by atoms with Gasteiger partial charge in [0.1, 0.15) is 16.2 Å². The molecule has 1 aromatic carbocycles. The van der Waals surface area contributed by atoms with Crippen LogP contribution in [0.3, 0.4) is 0 Å². The molecule has 0 unspecified atom stereocenters. The lowest BCUT2D eigenvalue weighted by Crippen LogP contribution is -1.86. The standard InChI is InChI=1S/C13H9Br2N3O/c1-6-9(14)11(15)17-13-10(6)16-12(18-13)7-4-2-3-5-8(7)19/h2-5,19H,1H3,(H,16,17,18). The van der Waals surface area contributed by atoms with Crippen molar-refractivity contribution in [1.82, 2.24) is 15.0 Å². The van der Waals surface area contributed by atoms with E-state index in [-0.39, 0.29) is 5.75 Å². The van der Waals surface area contributed by atoms with E-state index in [1.54, 1.807) is 12.1 Å². The van der Waals surface area contributed by atoms with E-state index in [9.17, 15) is 5.11 Å². The fourth-order valence-electron chi connectivity index (χ4n) is 1.91. The smallest absolute Gasteiger partial charge is 0.179 e. The molecule has 0 amide bonds. The molecule has 0 fully saturated rings.